The van der Waals surface area contributed by atoms with Crippen molar-refractivity contribution < 1.29 is 9.18 Å². The van der Waals surface area contributed by atoms with Gasteiger partial charge in [-0.2, -0.15) is 0 Å². The number of anilines is 3. The van der Waals surface area contributed by atoms with Crippen LogP contribution in [0.4, 0.5) is 21.6 Å². The Kier molecular flexibility index (Phi) is 4.18. The summed E-state index contributed by atoms with van der Waals surface area (Å²) in [5, 5.41) is 6.55. The van der Waals surface area contributed by atoms with Gasteiger partial charge in [-0.1, -0.05) is 11.6 Å². The third-order valence-electron chi connectivity index (χ3n) is 3.49. The zero-order valence-electron chi connectivity index (χ0n) is 12.6. The topological polar surface area (TPSA) is 92.9 Å². The first-order valence-electron chi connectivity index (χ1n) is 6.98. The Balaban J connectivity index is 2.12. The van der Waals surface area contributed by atoms with Crippen molar-refractivity contribution in [3.05, 3.63) is 53.1 Å². The summed E-state index contributed by atoms with van der Waals surface area (Å²) in [6, 6.07) is 7.55. The van der Waals surface area contributed by atoms with Crippen LogP contribution in [-0.2, 0) is 0 Å². The van der Waals surface area contributed by atoms with Crippen molar-refractivity contribution in [3.63, 3.8) is 0 Å². The predicted molar refractivity (Wildman–Crippen MR) is 92.3 cm³/mol. The van der Waals surface area contributed by atoms with Gasteiger partial charge in [0.15, 0.2) is 0 Å². The van der Waals surface area contributed by atoms with Crippen LogP contribution in [0.2, 0.25) is 5.02 Å². The van der Waals surface area contributed by atoms with Crippen molar-refractivity contribution in [2.45, 2.75) is 0 Å². The Labute approximate surface area is 141 Å². The van der Waals surface area contributed by atoms with Crippen molar-refractivity contribution in [3.8, 4) is 0 Å². The minimum atomic E-state index is -0.569. The monoisotopic (exact) mass is 345 g/mol. The fourth-order valence-electron chi connectivity index (χ4n) is 2.32. The van der Waals surface area contributed by atoms with Crippen molar-refractivity contribution in [1.29, 1.82) is 0 Å². The van der Waals surface area contributed by atoms with E-state index in [1.165, 1.54) is 24.5 Å². The minimum Gasteiger partial charge on any atom is -0.387 e. The zero-order valence-corrected chi connectivity index (χ0v) is 13.4. The smallest absolute Gasteiger partial charge is 0.250 e. The molecule has 0 saturated carbocycles. The average molecular weight is 346 g/mol. The molecule has 2 aromatic carbocycles. The van der Waals surface area contributed by atoms with Crippen LogP contribution < -0.4 is 16.4 Å². The summed E-state index contributed by atoms with van der Waals surface area (Å²) in [6.07, 6.45) is 1.39. The van der Waals surface area contributed by atoms with E-state index in [1.807, 2.05) is 0 Å². The molecule has 0 radical (unpaired) electrons. The van der Waals surface area contributed by atoms with Gasteiger partial charge in [-0.3, -0.25) is 4.79 Å². The lowest BCUT2D eigenvalue weighted by Crippen LogP contribution is -2.13. The van der Waals surface area contributed by atoms with Gasteiger partial charge in [0, 0.05) is 23.8 Å². The van der Waals surface area contributed by atoms with Crippen molar-refractivity contribution in [1.82, 2.24) is 9.97 Å². The van der Waals surface area contributed by atoms with Crippen LogP contribution in [0.15, 0.2) is 36.7 Å². The highest BCUT2D eigenvalue weighted by Gasteiger charge is 2.13. The summed E-state index contributed by atoms with van der Waals surface area (Å²) in [5.41, 5.74) is 7.49. The molecule has 0 spiro atoms. The Morgan fingerprint density at radius 2 is 2.04 bits per heavy atom. The van der Waals surface area contributed by atoms with Gasteiger partial charge >= 0.3 is 0 Å². The molecule has 24 heavy (non-hydrogen) atoms. The molecule has 0 aliphatic rings. The molecule has 3 aromatic rings. The standard InChI is InChI=1S/C16H13ClFN5O/c1-20-13-6-14-10(5-9(13)15(19)24)16(22-7-21-14)23-8-2-3-12(18)11(17)4-8/h2-7,20H,1H3,(H2,19,24)(H,21,22,23). The van der Waals surface area contributed by atoms with E-state index in [1.54, 1.807) is 19.2 Å². The van der Waals surface area contributed by atoms with E-state index in [0.29, 0.717) is 33.7 Å². The van der Waals surface area contributed by atoms with E-state index >= 15 is 0 Å². The van der Waals surface area contributed by atoms with Gasteiger partial charge in [-0.05, 0) is 30.3 Å². The summed E-state index contributed by atoms with van der Waals surface area (Å²) >= 11 is 5.79. The van der Waals surface area contributed by atoms with Crippen molar-refractivity contribution in [2.75, 3.05) is 17.7 Å². The molecule has 0 saturated heterocycles. The van der Waals surface area contributed by atoms with E-state index in [-0.39, 0.29) is 5.02 Å². The molecular weight excluding hydrogens is 333 g/mol. The van der Waals surface area contributed by atoms with Gasteiger partial charge in [0.1, 0.15) is 18.0 Å². The van der Waals surface area contributed by atoms with Crippen LogP contribution in [0.5, 0.6) is 0 Å². The summed E-state index contributed by atoms with van der Waals surface area (Å²) in [4.78, 5) is 20.0. The molecule has 122 valence electrons. The first-order valence-corrected chi connectivity index (χ1v) is 7.36. The van der Waals surface area contributed by atoms with Gasteiger partial charge < -0.3 is 16.4 Å². The molecule has 0 fully saturated rings. The number of halogens is 2. The van der Waals surface area contributed by atoms with Crippen LogP contribution >= 0.6 is 11.6 Å². The molecule has 3 rings (SSSR count). The molecule has 4 N–H and O–H groups in total. The van der Waals surface area contributed by atoms with Gasteiger partial charge in [0.2, 0.25) is 0 Å². The number of nitrogens with one attached hydrogen (secondary N) is 2. The number of primary amides is 1. The highest BCUT2D eigenvalue weighted by Crippen LogP contribution is 2.29. The fourth-order valence-corrected chi connectivity index (χ4v) is 2.50. The number of hydrogen-bond donors (Lipinski definition) is 3. The molecule has 1 amide bonds. The third-order valence-corrected chi connectivity index (χ3v) is 3.78. The minimum absolute atomic E-state index is 0.00587. The summed E-state index contributed by atoms with van der Waals surface area (Å²) in [6.45, 7) is 0. The molecule has 0 atom stereocenters. The van der Waals surface area contributed by atoms with Crippen LogP contribution in [0, 0.1) is 5.82 Å². The first-order chi connectivity index (χ1) is 11.5. The quantitative estimate of drug-likeness (QED) is 0.674. The van der Waals surface area contributed by atoms with Crippen molar-refractivity contribution in [2.24, 2.45) is 5.73 Å². The fraction of sp³-hybridized carbons (Fsp3) is 0.0625. The maximum Gasteiger partial charge on any atom is 0.250 e. The summed E-state index contributed by atoms with van der Waals surface area (Å²) in [7, 11) is 1.69. The van der Waals surface area contributed by atoms with E-state index < -0.39 is 11.7 Å². The Morgan fingerprint density at radius 3 is 2.71 bits per heavy atom. The highest BCUT2D eigenvalue weighted by atomic mass is 35.5. The number of hydrogen-bond acceptors (Lipinski definition) is 5. The molecule has 6 nitrogen and oxygen atoms in total. The van der Waals surface area contributed by atoms with Crippen LogP contribution in [0.25, 0.3) is 10.9 Å². The summed E-state index contributed by atoms with van der Waals surface area (Å²) < 4.78 is 13.3. The van der Waals surface area contributed by atoms with E-state index in [9.17, 15) is 9.18 Å². The molecule has 0 aliphatic carbocycles. The number of amides is 1. The van der Waals surface area contributed by atoms with E-state index in [4.69, 9.17) is 17.3 Å². The van der Waals surface area contributed by atoms with Crippen molar-refractivity contribution >= 4 is 45.6 Å². The summed E-state index contributed by atoms with van der Waals surface area (Å²) in [5.74, 6) is -0.627. The number of fused-ring (bicyclic) bond motifs is 1. The average Bonchev–Trinajstić information content (AvgIpc) is 2.57. The maximum atomic E-state index is 13.3. The normalized spacial score (nSPS) is 10.6. The maximum absolute atomic E-state index is 13.3. The van der Waals surface area contributed by atoms with Crippen LogP contribution in [-0.4, -0.2) is 22.9 Å². The number of carbonyl (C=O) groups is 1. The second-order valence-electron chi connectivity index (χ2n) is 5.01. The number of nitrogens with zero attached hydrogens (tertiary/aromatic N) is 2. The third kappa shape index (κ3) is 2.93. The molecule has 0 bridgehead atoms. The molecule has 0 aliphatic heterocycles. The molecule has 0 unspecified atom stereocenters. The SMILES string of the molecule is CNc1cc2ncnc(Nc3ccc(F)c(Cl)c3)c2cc1C(N)=O. The Bertz CT molecular complexity index is 947. The molecule has 1 heterocycles. The van der Waals surface area contributed by atoms with Gasteiger partial charge in [-0.25, -0.2) is 14.4 Å². The van der Waals surface area contributed by atoms with E-state index in [2.05, 4.69) is 20.6 Å². The number of benzene rings is 2. The second kappa shape index (κ2) is 6.29. The highest BCUT2D eigenvalue weighted by molar-refractivity contribution is 6.31. The van der Waals surface area contributed by atoms with Crippen LogP contribution in [0.1, 0.15) is 10.4 Å². The number of carbonyl (C=O) groups excluding carboxylic acids is 1. The molecular formula is C16H13ClFN5O. The Morgan fingerprint density at radius 1 is 1.25 bits per heavy atom. The Hall–Kier alpha value is -2.93. The largest absolute Gasteiger partial charge is 0.387 e. The lowest BCUT2D eigenvalue weighted by atomic mass is 10.1. The number of aromatic nitrogens is 2. The lowest BCUT2D eigenvalue weighted by Gasteiger charge is -2.12. The van der Waals surface area contributed by atoms with Gasteiger partial charge in [0.05, 0.1) is 16.1 Å². The number of nitrogens with two attached hydrogens (primary N) is 1. The zero-order chi connectivity index (χ0) is 17.3. The van der Waals surface area contributed by atoms with Gasteiger partial charge in [0.25, 0.3) is 5.91 Å². The first kappa shape index (κ1) is 15.9. The predicted octanol–water partition coefficient (Wildman–Crippen LogP) is 3.31. The van der Waals surface area contributed by atoms with E-state index in [0.717, 1.165) is 0 Å². The molecule has 8 heteroatoms. The van der Waals surface area contributed by atoms with Gasteiger partial charge in [-0.15, -0.1) is 0 Å². The molecule has 1 aromatic heterocycles. The second-order valence-corrected chi connectivity index (χ2v) is 5.41. The van der Waals surface area contributed by atoms with Crippen LogP contribution in [0.3, 0.4) is 0 Å². The number of rotatable bonds is 4. The lowest BCUT2D eigenvalue weighted by molar-refractivity contribution is 0.100.